The summed E-state index contributed by atoms with van der Waals surface area (Å²) in [4.78, 5) is 3.95. The number of hydrogen-bond donors (Lipinski definition) is 2. The third-order valence-corrected chi connectivity index (χ3v) is 5.43. The van der Waals surface area contributed by atoms with Gasteiger partial charge in [-0.1, -0.05) is 0 Å². The largest absolute Gasteiger partial charge is 0.314 e. The summed E-state index contributed by atoms with van der Waals surface area (Å²) in [7, 11) is 0. The Labute approximate surface area is 122 Å². The molecular weight excluding hydrogens is 310 g/mol. The fourth-order valence-electron chi connectivity index (χ4n) is 2.32. The number of nitrogens with zero attached hydrogens (tertiary/aromatic N) is 1. The normalized spacial score (nSPS) is 18.2. The molecule has 0 radical (unpaired) electrons. The minimum Gasteiger partial charge on any atom is -0.314 e. The second-order valence-corrected chi connectivity index (χ2v) is 7.20. The summed E-state index contributed by atoms with van der Waals surface area (Å²) in [5, 5.41) is 9.12. The Hall–Kier alpha value is 0.0600. The maximum absolute atomic E-state index is 3.58. The Kier molecular flexibility index (Phi) is 5.21. The highest BCUT2D eigenvalue weighted by Crippen LogP contribution is 2.22. The van der Waals surface area contributed by atoms with E-state index in [4.69, 9.17) is 0 Å². The van der Waals surface area contributed by atoms with Crippen molar-refractivity contribution in [1.29, 1.82) is 0 Å². The van der Waals surface area contributed by atoms with E-state index >= 15 is 0 Å². The summed E-state index contributed by atoms with van der Waals surface area (Å²) in [6.07, 6.45) is 0. The van der Waals surface area contributed by atoms with E-state index in [0.29, 0.717) is 0 Å². The van der Waals surface area contributed by atoms with Crippen LogP contribution in [0.3, 0.4) is 0 Å². The second kappa shape index (κ2) is 6.48. The van der Waals surface area contributed by atoms with Gasteiger partial charge >= 0.3 is 0 Å². The van der Waals surface area contributed by atoms with Crippen LogP contribution in [0.5, 0.6) is 0 Å². The van der Waals surface area contributed by atoms with Gasteiger partial charge in [0.15, 0.2) is 0 Å². The van der Waals surface area contributed by atoms with Gasteiger partial charge in [-0.2, -0.15) is 0 Å². The summed E-state index contributed by atoms with van der Waals surface area (Å²) in [5.74, 6) is 0. The Morgan fingerprint density at radius 2 is 2.17 bits per heavy atom. The molecule has 1 aliphatic rings. The second-order valence-electron chi connectivity index (χ2n) is 5.34. The number of piperazine rings is 1. The molecule has 0 saturated carbocycles. The lowest BCUT2D eigenvalue weighted by Crippen LogP contribution is -2.57. The first-order chi connectivity index (χ1) is 8.59. The van der Waals surface area contributed by atoms with Crippen LogP contribution in [0.15, 0.2) is 15.9 Å². The van der Waals surface area contributed by atoms with Gasteiger partial charge in [0.1, 0.15) is 0 Å². The van der Waals surface area contributed by atoms with Crippen LogP contribution in [0, 0.1) is 0 Å². The number of halogens is 1. The molecule has 18 heavy (non-hydrogen) atoms. The molecule has 5 heteroatoms. The first-order valence-corrected chi connectivity index (χ1v) is 8.15. The van der Waals surface area contributed by atoms with Gasteiger partial charge in [0.25, 0.3) is 0 Å². The van der Waals surface area contributed by atoms with E-state index in [1.54, 1.807) is 11.3 Å². The minimum atomic E-state index is 0.228. The lowest BCUT2D eigenvalue weighted by Gasteiger charge is -2.41. The van der Waals surface area contributed by atoms with Gasteiger partial charge in [0.2, 0.25) is 0 Å². The van der Waals surface area contributed by atoms with Gasteiger partial charge in [0, 0.05) is 54.2 Å². The Bertz CT molecular complexity index is 372. The molecule has 1 aliphatic heterocycles. The van der Waals surface area contributed by atoms with Crippen molar-refractivity contribution in [3.63, 3.8) is 0 Å². The number of thiophene rings is 1. The Morgan fingerprint density at radius 1 is 1.44 bits per heavy atom. The zero-order valence-corrected chi connectivity index (χ0v) is 13.5. The van der Waals surface area contributed by atoms with E-state index in [2.05, 4.69) is 56.8 Å². The average Bonchev–Trinajstić information content (AvgIpc) is 2.76. The van der Waals surface area contributed by atoms with Crippen molar-refractivity contribution < 1.29 is 0 Å². The number of nitrogens with one attached hydrogen (secondary N) is 2. The van der Waals surface area contributed by atoms with Crippen molar-refractivity contribution in [2.45, 2.75) is 25.9 Å². The van der Waals surface area contributed by atoms with Crippen molar-refractivity contribution in [2.24, 2.45) is 0 Å². The van der Waals surface area contributed by atoms with Crippen molar-refractivity contribution in [2.75, 3.05) is 32.7 Å². The van der Waals surface area contributed by atoms with Crippen LogP contribution >= 0.6 is 27.3 Å². The molecule has 1 fully saturated rings. The lowest BCUT2D eigenvalue weighted by molar-refractivity contribution is 0.102. The highest BCUT2D eigenvalue weighted by atomic mass is 79.9. The third-order valence-electron chi connectivity index (χ3n) is 3.51. The molecule has 2 N–H and O–H groups in total. The smallest absolute Gasteiger partial charge is 0.0327 e. The van der Waals surface area contributed by atoms with E-state index in [-0.39, 0.29) is 5.54 Å². The fourth-order valence-corrected chi connectivity index (χ4v) is 3.78. The monoisotopic (exact) mass is 331 g/mol. The van der Waals surface area contributed by atoms with E-state index in [0.717, 1.165) is 39.3 Å². The van der Waals surface area contributed by atoms with Crippen LogP contribution in [0.4, 0.5) is 0 Å². The van der Waals surface area contributed by atoms with Gasteiger partial charge in [-0.3, -0.25) is 4.90 Å². The topological polar surface area (TPSA) is 27.3 Å². The van der Waals surface area contributed by atoms with Crippen LogP contribution < -0.4 is 10.6 Å². The summed E-state index contributed by atoms with van der Waals surface area (Å²) in [6.45, 7) is 11.2. The standard InChI is InChI=1S/C13H22BrN3S/c1-13(2,17-6-4-15-5-7-17)10-16-9-12-11(14)3-8-18-12/h3,8,15-16H,4-7,9-10H2,1-2H3. The highest BCUT2D eigenvalue weighted by molar-refractivity contribution is 9.10. The van der Waals surface area contributed by atoms with Gasteiger partial charge in [-0.25, -0.2) is 0 Å². The molecule has 0 spiro atoms. The fraction of sp³-hybridized carbons (Fsp3) is 0.692. The molecule has 1 aromatic heterocycles. The average molecular weight is 332 g/mol. The minimum absolute atomic E-state index is 0.228. The molecule has 1 aromatic rings. The van der Waals surface area contributed by atoms with E-state index < -0.39 is 0 Å². The molecular formula is C13H22BrN3S. The van der Waals surface area contributed by atoms with Crippen LogP contribution in [0.25, 0.3) is 0 Å². The maximum Gasteiger partial charge on any atom is 0.0327 e. The first-order valence-electron chi connectivity index (χ1n) is 6.48. The van der Waals surface area contributed by atoms with Gasteiger partial charge < -0.3 is 10.6 Å². The predicted molar refractivity (Wildman–Crippen MR) is 82.2 cm³/mol. The van der Waals surface area contributed by atoms with E-state index in [9.17, 15) is 0 Å². The quantitative estimate of drug-likeness (QED) is 0.866. The summed E-state index contributed by atoms with van der Waals surface area (Å²) in [5.41, 5.74) is 0.228. The van der Waals surface area contributed by atoms with Crippen LogP contribution in [0.1, 0.15) is 18.7 Å². The Morgan fingerprint density at radius 3 is 2.78 bits per heavy atom. The van der Waals surface area contributed by atoms with Gasteiger partial charge in [0.05, 0.1) is 0 Å². The molecule has 1 saturated heterocycles. The predicted octanol–water partition coefficient (Wildman–Crippen LogP) is 2.28. The molecule has 0 unspecified atom stereocenters. The molecule has 0 amide bonds. The van der Waals surface area contributed by atoms with E-state index in [1.165, 1.54) is 9.35 Å². The SMILES string of the molecule is CC(C)(CNCc1sccc1Br)N1CCNCC1. The highest BCUT2D eigenvalue weighted by Gasteiger charge is 2.27. The van der Waals surface area contributed by atoms with Crippen molar-refractivity contribution in [1.82, 2.24) is 15.5 Å². The lowest BCUT2D eigenvalue weighted by atomic mass is 10.0. The molecule has 2 heterocycles. The number of hydrogen-bond acceptors (Lipinski definition) is 4. The molecule has 0 bridgehead atoms. The molecule has 0 atom stereocenters. The number of rotatable bonds is 5. The third kappa shape index (κ3) is 3.78. The first kappa shape index (κ1) is 14.5. The molecule has 0 aliphatic carbocycles. The summed E-state index contributed by atoms with van der Waals surface area (Å²) < 4.78 is 1.22. The van der Waals surface area contributed by atoms with Crippen LogP contribution in [0.2, 0.25) is 0 Å². The van der Waals surface area contributed by atoms with Crippen LogP contribution in [-0.2, 0) is 6.54 Å². The van der Waals surface area contributed by atoms with Crippen molar-refractivity contribution in [3.05, 3.63) is 20.8 Å². The van der Waals surface area contributed by atoms with Gasteiger partial charge in [-0.15, -0.1) is 11.3 Å². The summed E-state index contributed by atoms with van der Waals surface area (Å²) >= 11 is 5.38. The zero-order valence-electron chi connectivity index (χ0n) is 11.1. The maximum atomic E-state index is 3.58. The molecule has 102 valence electrons. The van der Waals surface area contributed by atoms with Crippen molar-refractivity contribution in [3.8, 4) is 0 Å². The zero-order chi connectivity index (χ0) is 13.0. The van der Waals surface area contributed by atoms with Crippen molar-refractivity contribution >= 4 is 27.3 Å². The van der Waals surface area contributed by atoms with Crippen LogP contribution in [-0.4, -0.2) is 43.2 Å². The molecule has 0 aromatic carbocycles. The van der Waals surface area contributed by atoms with Gasteiger partial charge in [-0.05, 0) is 41.2 Å². The molecule has 2 rings (SSSR count). The Balaban J connectivity index is 1.79. The molecule has 3 nitrogen and oxygen atoms in total. The van der Waals surface area contributed by atoms with E-state index in [1.807, 2.05) is 0 Å². The summed E-state index contributed by atoms with van der Waals surface area (Å²) in [6, 6.07) is 2.11.